The molecule has 88 valence electrons. The van der Waals surface area contributed by atoms with Crippen LogP contribution in [0.25, 0.3) is 0 Å². The summed E-state index contributed by atoms with van der Waals surface area (Å²) in [4.78, 5) is 21.3. The Morgan fingerprint density at radius 1 is 1.44 bits per heavy atom. The van der Waals surface area contributed by atoms with Gasteiger partial charge in [0.2, 0.25) is 5.91 Å². The number of amides is 1. The molecule has 0 aromatic rings. The number of aliphatic carboxylic acids is 1. The molecule has 16 heavy (non-hydrogen) atoms. The van der Waals surface area contributed by atoms with Crippen molar-refractivity contribution in [3.63, 3.8) is 0 Å². The first-order chi connectivity index (χ1) is 6.81. The Balaban J connectivity index is 0. The van der Waals surface area contributed by atoms with Crippen LogP contribution in [0.3, 0.4) is 0 Å². The van der Waals surface area contributed by atoms with Gasteiger partial charge in [0.15, 0.2) is 0 Å². The Bertz CT molecular complexity index is 244. The predicted octanol–water partition coefficient (Wildman–Crippen LogP) is -2.76. The van der Waals surface area contributed by atoms with Crippen molar-refractivity contribution in [2.24, 2.45) is 5.41 Å². The van der Waals surface area contributed by atoms with Gasteiger partial charge in [0.05, 0.1) is 6.61 Å². The van der Waals surface area contributed by atoms with Crippen molar-refractivity contribution >= 4 is 34.9 Å². The maximum Gasteiger partial charge on any atom is 2.00 e. The van der Waals surface area contributed by atoms with Gasteiger partial charge in [-0.25, -0.2) is 0 Å². The number of aliphatic hydroxyl groups excluding tert-OH is 2. The molecular weight excluding hydrogens is 226 g/mol. The fourth-order valence-electron chi connectivity index (χ4n) is 0.826. The number of nitrogens with one attached hydrogen (secondary N) is 1. The quantitative estimate of drug-likeness (QED) is 0.437. The van der Waals surface area contributed by atoms with Gasteiger partial charge < -0.3 is 25.4 Å². The van der Waals surface area contributed by atoms with Crippen LogP contribution in [0.2, 0.25) is 0 Å². The van der Waals surface area contributed by atoms with Crippen LogP contribution in [0.15, 0.2) is 0 Å². The minimum Gasteiger partial charge on any atom is -0.550 e. The third-order valence-electron chi connectivity index (χ3n) is 2.02. The van der Waals surface area contributed by atoms with E-state index in [1.807, 2.05) is 0 Å². The number of carboxylic acid groups (broad SMARTS) is 1. The average molecular weight is 243 g/mol. The summed E-state index contributed by atoms with van der Waals surface area (Å²) in [7, 11) is 0. The summed E-state index contributed by atoms with van der Waals surface area (Å²) in [6, 6.07) is 0. The third kappa shape index (κ3) is 6.26. The molecule has 0 saturated heterocycles. The Hall–Kier alpha value is -0.374. The zero-order valence-electron chi connectivity index (χ0n) is 9.52. The minimum absolute atomic E-state index is 0. The number of carbonyl (C=O) groups excluding carboxylic acids is 2. The zero-order chi connectivity index (χ0) is 12.1. The maximum absolute atomic E-state index is 11.2. The normalized spacial score (nSPS) is 12.5. The van der Waals surface area contributed by atoms with Gasteiger partial charge in [-0.15, -0.1) is 0 Å². The number of carbonyl (C=O) groups is 2. The molecule has 0 aliphatic rings. The van der Waals surface area contributed by atoms with Crippen molar-refractivity contribution in [2.45, 2.75) is 26.4 Å². The Morgan fingerprint density at radius 3 is 2.31 bits per heavy atom. The molecule has 0 rings (SSSR count). The van der Waals surface area contributed by atoms with E-state index in [0.717, 1.165) is 0 Å². The van der Waals surface area contributed by atoms with E-state index in [1.54, 1.807) is 0 Å². The number of carboxylic acids is 1. The van der Waals surface area contributed by atoms with Crippen LogP contribution in [0.5, 0.6) is 0 Å². The molecule has 0 saturated carbocycles. The summed E-state index contributed by atoms with van der Waals surface area (Å²) in [5, 5.41) is 30.6. The van der Waals surface area contributed by atoms with Crippen LogP contribution in [0.4, 0.5) is 0 Å². The summed E-state index contributed by atoms with van der Waals surface area (Å²) in [5.74, 6) is -1.97. The molecule has 7 heteroatoms. The smallest absolute Gasteiger partial charge is 0.550 e. The first kappa shape index (κ1) is 18.0. The summed E-state index contributed by atoms with van der Waals surface area (Å²) in [6.45, 7) is 2.60. The van der Waals surface area contributed by atoms with E-state index in [9.17, 15) is 19.8 Å². The van der Waals surface area contributed by atoms with E-state index in [2.05, 4.69) is 5.32 Å². The van der Waals surface area contributed by atoms with Gasteiger partial charge in [0.25, 0.3) is 0 Å². The molecule has 1 amide bonds. The summed E-state index contributed by atoms with van der Waals surface area (Å²) < 4.78 is 0. The topological polar surface area (TPSA) is 110 Å². The molecule has 0 aliphatic carbocycles. The molecule has 0 aromatic carbocycles. The molecule has 0 aromatic heterocycles. The van der Waals surface area contributed by atoms with Crippen molar-refractivity contribution in [1.82, 2.24) is 5.32 Å². The molecule has 0 fully saturated rings. The van der Waals surface area contributed by atoms with Crippen molar-refractivity contribution in [3.05, 3.63) is 0 Å². The van der Waals surface area contributed by atoms with Gasteiger partial charge in [0, 0.05) is 24.3 Å². The van der Waals surface area contributed by atoms with Crippen LogP contribution in [-0.2, 0) is 9.59 Å². The predicted molar refractivity (Wildman–Crippen MR) is 55.3 cm³/mol. The Morgan fingerprint density at radius 2 is 1.94 bits per heavy atom. The number of hydrogen-bond donors (Lipinski definition) is 3. The van der Waals surface area contributed by atoms with Crippen molar-refractivity contribution < 1.29 is 24.9 Å². The molecule has 0 aliphatic heterocycles. The second kappa shape index (κ2) is 7.83. The van der Waals surface area contributed by atoms with Crippen LogP contribution in [0.1, 0.15) is 20.3 Å². The molecule has 0 spiro atoms. The van der Waals surface area contributed by atoms with E-state index < -0.39 is 23.4 Å². The minimum atomic E-state index is -1.37. The van der Waals surface area contributed by atoms with Crippen molar-refractivity contribution in [2.75, 3.05) is 13.2 Å². The van der Waals surface area contributed by atoms with Crippen molar-refractivity contribution in [3.8, 4) is 0 Å². The molecule has 0 radical (unpaired) electrons. The molecule has 3 N–H and O–H groups in total. The van der Waals surface area contributed by atoms with E-state index in [1.165, 1.54) is 13.8 Å². The average Bonchev–Trinajstić information content (AvgIpc) is 2.15. The Kier molecular flexibility index (Phi) is 8.81. The number of hydrogen-bond acceptors (Lipinski definition) is 5. The molecule has 0 bridgehead atoms. The van der Waals surface area contributed by atoms with Gasteiger partial charge in [-0.1, -0.05) is 13.8 Å². The van der Waals surface area contributed by atoms with Crippen LogP contribution >= 0.6 is 0 Å². The maximum atomic E-state index is 11.2. The SMILES string of the molecule is CC(C)(CO)[C@@H](O)C(=O)NCCC(=O)[O-].[Mg+2]. The molecule has 6 nitrogen and oxygen atoms in total. The van der Waals surface area contributed by atoms with Crippen LogP contribution < -0.4 is 10.4 Å². The number of rotatable bonds is 6. The van der Waals surface area contributed by atoms with E-state index >= 15 is 0 Å². The van der Waals surface area contributed by atoms with E-state index in [4.69, 9.17) is 5.11 Å². The van der Waals surface area contributed by atoms with E-state index in [-0.39, 0.29) is 42.6 Å². The number of aliphatic hydroxyl groups is 2. The first-order valence-electron chi connectivity index (χ1n) is 4.57. The molecule has 0 heterocycles. The van der Waals surface area contributed by atoms with Crippen LogP contribution in [0, 0.1) is 5.41 Å². The standard InChI is InChI=1S/C9H17NO5.Mg/c1-9(2,5-11)7(14)8(15)10-4-3-6(12)13;/h7,11,14H,3-5H2,1-2H3,(H,10,15)(H,12,13);/q;+2/p-1/t7-;/m0./s1. The van der Waals surface area contributed by atoms with Gasteiger partial charge in [-0.2, -0.15) is 0 Å². The summed E-state index contributed by atoms with van der Waals surface area (Å²) in [5.41, 5.74) is -0.953. The summed E-state index contributed by atoms with van der Waals surface area (Å²) in [6.07, 6.45) is -1.68. The summed E-state index contributed by atoms with van der Waals surface area (Å²) >= 11 is 0. The van der Waals surface area contributed by atoms with E-state index in [0.29, 0.717) is 0 Å². The molecule has 1 atom stereocenters. The van der Waals surface area contributed by atoms with Gasteiger partial charge in [-0.3, -0.25) is 4.79 Å². The fourth-order valence-corrected chi connectivity index (χ4v) is 0.826. The van der Waals surface area contributed by atoms with Gasteiger partial charge in [-0.05, 0) is 0 Å². The second-order valence-electron chi connectivity index (χ2n) is 3.96. The molecular formula is C9H16MgNO5+. The largest absolute Gasteiger partial charge is 2.00 e. The van der Waals surface area contributed by atoms with Crippen LogP contribution in [-0.4, -0.2) is 64.4 Å². The monoisotopic (exact) mass is 242 g/mol. The second-order valence-corrected chi connectivity index (χ2v) is 3.96. The van der Waals surface area contributed by atoms with Gasteiger partial charge >= 0.3 is 23.1 Å². The fraction of sp³-hybridized carbons (Fsp3) is 0.778. The third-order valence-corrected chi connectivity index (χ3v) is 2.02. The van der Waals surface area contributed by atoms with Crippen molar-refractivity contribution in [1.29, 1.82) is 0 Å². The molecule has 0 unspecified atom stereocenters. The zero-order valence-corrected chi connectivity index (χ0v) is 10.9. The Labute approximate surface area is 110 Å². The van der Waals surface area contributed by atoms with Gasteiger partial charge in [0.1, 0.15) is 6.10 Å². The first-order valence-corrected chi connectivity index (χ1v) is 4.57.